The van der Waals surface area contributed by atoms with E-state index in [1.54, 1.807) is 0 Å². The van der Waals surface area contributed by atoms with E-state index < -0.39 is 0 Å². The quantitative estimate of drug-likeness (QED) is 0.756. The fraction of sp³-hybridized carbons (Fsp3) is 0.700. The average molecular weight is 195 g/mol. The number of aromatic nitrogens is 2. The number of hydrogen-bond acceptors (Lipinski definition) is 3. The van der Waals surface area contributed by atoms with Crippen LogP contribution in [0.15, 0.2) is 6.20 Å². The number of aromatic amines is 1. The van der Waals surface area contributed by atoms with Crippen LogP contribution in [-0.2, 0) is 11.3 Å². The minimum Gasteiger partial charge on any atom is -0.380 e. The molecule has 1 aliphatic rings. The molecule has 78 valence electrons. The summed E-state index contributed by atoms with van der Waals surface area (Å²) in [7, 11) is 0. The normalized spacial score (nSPS) is 22.5. The van der Waals surface area contributed by atoms with Crippen LogP contribution in [0.25, 0.3) is 0 Å². The van der Waals surface area contributed by atoms with Crippen molar-refractivity contribution in [3.63, 3.8) is 0 Å². The highest BCUT2D eigenvalue weighted by atomic mass is 16.5. The number of aryl methyl sites for hydroxylation is 1. The highest BCUT2D eigenvalue weighted by Gasteiger charge is 2.12. The van der Waals surface area contributed by atoms with Crippen LogP contribution in [0, 0.1) is 6.92 Å². The number of hydrogen-bond donors (Lipinski definition) is 2. The Morgan fingerprint density at radius 1 is 1.71 bits per heavy atom. The lowest BCUT2D eigenvalue weighted by Crippen LogP contribution is -2.36. The smallest absolute Gasteiger partial charge is 0.103 e. The van der Waals surface area contributed by atoms with Gasteiger partial charge in [-0.15, -0.1) is 0 Å². The Morgan fingerprint density at radius 2 is 2.64 bits per heavy atom. The molecular weight excluding hydrogens is 178 g/mol. The summed E-state index contributed by atoms with van der Waals surface area (Å²) >= 11 is 0. The molecular formula is C10H17N3O. The molecule has 0 saturated carbocycles. The maximum absolute atomic E-state index is 5.39. The Labute approximate surface area is 84.1 Å². The van der Waals surface area contributed by atoms with E-state index in [1.807, 2.05) is 13.1 Å². The number of H-pyrrole nitrogens is 1. The molecule has 0 aromatic carbocycles. The molecule has 1 aromatic heterocycles. The van der Waals surface area contributed by atoms with Gasteiger partial charge in [0.15, 0.2) is 0 Å². The minimum absolute atomic E-state index is 0.507. The maximum Gasteiger partial charge on any atom is 0.103 e. The van der Waals surface area contributed by atoms with Gasteiger partial charge in [-0.05, 0) is 19.8 Å². The van der Waals surface area contributed by atoms with Gasteiger partial charge < -0.3 is 15.0 Å². The molecule has 0 amide bonds. The first-order chi connectivity index (χ1) is 6.84. The van der Waals surface area contributed by atoms with Crippen molar-refractivity contribution in [2.45, 2.75) is 32.4 Å². The fourth-order valence-corrected chi connectivity index (χ4v) is 1.72. The maximum atomic E-state index is 5.39. The number of nitrogens with one attached hydrogen (secondary N) is 2. The lowest BCUT2D eigenvalue weighted by molar-refractivity contribution is 0.0698. The van der Waals surface area contributed by atoms with Crippen LogP contribution in [0.4, 0.5) is 0 Å². The second kappa shape index (κ2) is 4.57. The Hall–Kier alpha value is -0.870. The zero-order chi connectivity index (χ0) is 9.80. The van der Waals surface area contributed by atoms with Crippen LogP contribution in [0.2, 0.25) is 0 Å². The first kappa shape index (κ1) is 9.68. The number of ether oxygens (including phenoxy) is 1. The number of rotatable bonds is 3. The molecule has 1 saturated heterocycles. The van der Waals surface area contributed by atoms with Gasteiger partial charge in [-0.3, -0.25) is 0 Å². The first-order valence-corrected chi connectivity index (χ1v) is 5.16. The van der Waals surface area contributed by atoms with E-state index in [9.17, 15) is 0 Å². The lowest BCUT2D eigenvalue weighted by Gasteiger charge is -2.22. The Kier molecular flexibility index (Phi) is 3.16. The predicted octanol–water partition coefficient (Wildman–Crippen LogP) is 0.987. The molecule has 0 radical (unpaired) electrons. The van der Waals surface area contributed by atoms with Crippen LogP contribution < -0.4 is 5.32 Å². The molecule has 2 rings (SSSR count). The van der Waals surface area contributed by atoms with Crippen LogP contribution in [0.3, 0.4) is 0 Å². The van der Waals surface area contributed by atoms with Crippen LogP contribution in [-0.4, -0.2) is 29.2 Å². The van der Waals surface area contributed by atoms with Crippen molar-refractivity contribution in [3.05, 3.63) is 17.7 Å². The van der Waals surface area contributed by atoms with Gasteiger partial charge in [-0.2, -0.15) is 0 Å². The molecule has 2 N–H and O–H groups in total. The second-order valence-corrected chi connectivity index (χ2v) is 3.79. The summed E-state index contributed by atoms with van der Waals surface area (Å²) in [6, 6.07) is 0.507. The van der Waals surface area contributed by atoms with Crippen molar-refractivity contribution >= 4 is 0 Å². The van der Waals surface area contributed by atoms with Gasteiger partial charge in [-0.25, -0.2) is 4.98 Å². The fourth-order valence-electron chi connectivity index (χ4n) is 1.72. The lowest BCUT2D eigenvalue weighted by atomic mass is 10.1. The summed E-state index contributed by atoms with van der Waals surface area (Å²) < 4.78 is 5.39. The molecule has 1 fully saturated rings. The molecule has 1 aromatic rings. The van der Waals surface area contributed by atoms with Crippen LogP contribution in [0.1, 0.15) is 24.4 Å². The zero-order valence-electron chi connectivity index (χ0n) is 8.55. The Bertz CT molecular complexity index is 279. The molecule has 0 unspecified atom stereocenters. The highest BCUT2D eigenvalue weighted by molar-refractivity contribution is 4.99. The Morgan fingerprint density at radius 3 is 3.29 bits per heavy atom. The van der Waals surface area contributed by atoms with E-state index in [-0.39, 0.29) is 0 Å². The van der Waals surface area contributed by atoms with Gasteiger partial charge in [0.1, 0.15) is 5.82 Å². The van der Waals surface area contributed by atoms with Crippen molar-refractivity contribution in [2.24, 2.45) is 0 Å². The van der Waals surface area contributed by atoms with E-state index in [2.05, 4.69) is 15.3 Å². The first-order valence-electron chi connectivity index (χ1n) is 5.16. The third-order valence-electron chi connectivity index (χ3n) is 2.50. The van der Waals surface area contributed by atoms with E-state index >= 15 is 0 Å². The highest BCUT2D eigenvalue weighted by Crippen LogP contribution is 2.06. The molecule has 4 heteroatoms. The average Bonchev–Trinajstić information content (AvgIpc) is 2.63. The van der Waals surface area contributed by atoms with Crippen LogP contribution in [0.5, 0.6) is 0 Å². The van der Waals surface area contributed by atoms with Crippen molar-refractivity contribution < 1.29 is 4.74 Å². The van der Waals surface area contributed by atoms with Gasteiger partial charge in [0.05, 0.1) is 6.61 Å². The van der Waals surface area contributed by atoms with Gasteiger partial charge in [0.2, 0.25) is 0 Å². The standard InChI is InChI=1S/C10H17N3O/c1-8-11-5-10(13-8)6-12-9-3-2-4-14-7-9/h5,9,12H,2-4,6-7H2,1H3,(H,11,13)/t9-/m1/s1. The molecule has 4 nitrogen and oxygen atoms in total. The summed E-state index contributed by atoms with van der Waals surface area (Å²) in [4.78, 5) is 7.35. The summed E-state index contributed by atoms with van der Waals surface area (Å²) in [6.45, 7) is 4.58. The summed E-state index contributed by atoms with van der Waals surface area (Å²) in [5, 5.41) is 3.45. The molecule has 14 heavy (non-hydrogen) atoms. The molecule has 2 heterocycles. The molecule has 1 atom stereocenters. The minimum atomic E-state index is 0.507. The number of imidazole rings is 1. The van der Waals surface area contributed by atoms with E-state index in [1.165, 1.54) is 12.8 Å². The van der Waals surface area contributed by atoms with Crippen molar-refractivity contribution in [1.29, 1.82) is 0 Å². The van der Waals surface area contributed by atoms with Gasteiger partial charge in [0, 0.05) is 31.1 Å². The third kappa shape index (κ3) is 2.56. The molecule has 1 aliphatic heterocycles. The van der Waals surface area contributed by atoms with Crippen molar-refractivity contribution in [3.8, 4) is 0 Å². The zero-order valence-corrected chi connectivity index (χ0v) is 8.55. The van der Waals surface area contributed by atoms with Gasteiger partial charge >= 0.3 is 0 Å². The van der Waals surface area contributed by atoms with Crippen molar-refractivity contribution in [2.75, 3.05) is 13.2 Å². The van der Waals surface area contributed by atoms with Gasteiger partial charge in [0.25, 0.3) is 0 Å². The summed E-state index contributed by atoms with van der Waals surface area (Å²) in [6.07, 6.45) is 4.26. The molecule has 0 spiro atoms. The monoisotopic (exact) mass is 195 g/mol. The van der Waals surface area contributed by atoms with Crippen LogP contribution >= 0.6 is 0 Å². The number of nitrogens with zero attached hydrogens (tertiary/aromatic N) is 1. The van der Waals surface area contributed by atoms with E-state index in [0.717, 1.165) is 31.3 Å². The van der Waals surface area contributed by atoms with E-state index in [0.29, 0.717) is 6.04 Å². The molecule has 0 aliphatic carbocycles. The molecule has 0 bridgehead atoms. The largest absolute Gasteiger partial charge is 0.380 e. The second-order valence-electron chi connectivity index (χ2n) is 3.79. The predicted molar refractivity (Wildman–Crippen MR) is 54.0 cm³/mol. The van der Waals surface area contributed by atoms with E-state index in [4.69, 9.17) is 4.74 Å². The summed E-state index contributed by atoms with van der Waals surface area (Å²) in [5.74, 6) is 0.974. The summed E-state index contributed by atoms with van der Waals surface area (Å²) in [5.41, 5.74) is 1.15. The Balaban J connectivity index is 1.76. The third-order valence-corrected chi connectivity index (χ3v) is 2.50. The van der Waals surface area contributed by atoms with Gasteiger partial charge in [-0.1, -0.05) is 0 Å². The van der Waals surface area contributed by atoms with Crippen molar-refractivity contribution in [1.82, 2.24) is 15.3 Å². The SMILES string of the molecule is Cc1ncc(CN[C@@H]2CCCOC2)[nH]1. The topological polar surface area (TPSA) is 49.9 Å².